The summed E-state index contributed by atoms with van der Waals surface area (Å²) in [4.78, 5) is 25.2. The van der Waals surface area contributed by atoms with Crippen LogP contribution in [0.3, 0.4) is 0 Å². The van der Waals surface area contributed by atoms with Crippen molar-refractivity contribution in [2.75, 3.05) is 13.1 Å². The summed E-state index contributed by atoms with van der Waals surface area (Å²) in [5, 5.41) is 4.12. The maximum Gasteiger partial charge on any atom is 0.257 e. The monoisotopic (exact) mass is 351 g/mol. The number of aromatic nitrogens is 4. The van der Waals surface area contributed by atoms with Crippen molar-refractivity contribution in [2.24, 2.45) is 0 Å². The van der Waals surface area contributed by atoms with Crippen LogP contribution < -0.4 is 5.56 Å². The summed E-state index contributed by atoms with van der Waals surface area (Å²) < 4.78 is 5.41. The standard InChI is InChI=1S/C19H21N5O2/c1-13-4-6-14(7-5-13)19-22-17(23-26-19)11-24-8-2-3-15(10-24)16-9-18(25)21-12-20-16/h4-7,9,12,15H,2-3,8,10-11H2,1H3,(H,20,21,25)/t15-/m1/s1. The lowest BCUT2D eigenvalue weighted by Crippen LogP contribution is -2.34. The molecule has 0 bridgehead atoms. The van der Waals surface area contributed by atoms with Crippen LogP contribution in [-0.4, -0.2) is 38.1 Å². The van der Waals surface area contributed by atoms with Gasteiger partial charge in [0.05, 0.1) is 18.6 Å². The fourth-order valence-corrected chi connectivity index (χ4v) is 3.38. The number of nitrogens with zero attached hydrogens (tertiary/aromatic N) is 4. The van der Waals surface area contributed by atoms with Crippen LogP contribution in [0.25, 0.3) is 11.5 Å². The first-order valence-corrected chi connectivity index (χ1v) is 8.84. The minimum atomic E-state index is -0.104. The van der Waals surface area contributed by atoms with Gasteiger partial charge in [0.1, 0.15) is 0 Å². The Morgan fingerprint density at radius 1 is 1.31 bits per heavy atom. The Balaban J connectivity index is 1.44. The fraction of sp³-hybridized carbons (Fsp3) is 0.368. The van der Waals surface area contributed by atoms with Crippen molar-refractivity contribution in [1.29, 1.82) is 0 Å². The van der Waals surface area contributed by atoms with Crippen LogP contribution in [0.1, 0.15) is 35.8 Å². The molecule has 7 nitrogen and oxygen atoms in total. The Bertz CT molecular complexity index is 931. The van der Waals surface area contributed by atoms with Crippen LogP contribution >= 0.6 is 0 Å². The SMILES string of the molecule is Cc1ccc(-c2nc(CN3CCC[C@@H](c4cc(=O)[nH]cn4)C3)no2)cc1. The second kappa shape index (κ2) is 7.21. The van der Waals surface area contributed by atoms with Gasteiger partial charge in [-0.3, -0.25) is 9.69 Å². The molecule has 0 unspecified atom stereocenters. The lowest BCUT2D eigenvalue weighted by Gasteiger charge is -2.31. The molecule has 2 aromatic heterocycles. The van der Waals surface area contributed by atoms with Gasteiger partial charge in [-0.25, -0.2) is 4.98 Å². The smallest absolute Gasteiger partial charge is 0.257 e. The molecule has 3 heterocycles. The molecule has 26 heavy (non-hydrogen) atoms. The van der Waals surface area contributed by atoms with Crippen LogP contribution in [0, 0.1) is 6.92 Å². The van der Waals surface area contributed by atoms with Gasteiger partial charge in [-0.15, -0.1) is 0 Å². The zero-order chi connectivity index (χ0) is 17.9. The number of aromatic amines is 1. The third-order valence-electron chi connectivity index (χ3n) is 4.75. The Morgan fingerprint density at radius 2 is 2.15 bits per heavy atom. The molecule has 1 atom stereocenters. The van der Waals surface area contributed by atoms with Gasteiger partial charge >= 0.3 is 0 Å². The highest BCUT2D eigenvalue weighted by atomic mass is 16.5. The first kappa shape index (κ1) is 16.7. The summed E-state index contributed by atoms with van der Waals surface area (Å²) in [7, 11) is 0. The normalized spacial score (nSPS) is 18.1. The van der Waals surface area contributed by atoms with E-state index >= 15 is 0 Å². The van der Waals surface area contributed by atoms with E-state index < -0.39 is 0 Å². The maximum atomic E-state index is 11.5. The highest BCUT2D eigenvalue weighted by Crippen LogP contribution is 2.26. The number of rotatable bonds is 4. The van der Waals surface area contributed by atoms with Crippen LogP contribution in [-0.2, 0) is 6.54 Å². The Morgan fingerprint density at radius 3 is 2.96 bits per heavy atom. The lowest BCUT2D eigenvalue weighted by molar-refractivity contribution is 0.192. The molecule has 0 spiro atoms. The molecule has 1 N–H and O–H groups in total. The molecule has 1 aliphatic rings. The molecule has 0 radical (unpaired) electrons. The Hall–Kier alpha value is -2.80. The minimum absolute atomic E-state index is 0.104. The van der Waals surface area contributed by atoms with Crippen molar-refractivity contribution in [1.82, 2.24) is 25.0 Å². The van der Waals surface area contributed by atoms with Gasteiger partial charge in [0, 0.05) is 24.1 Å². The van der Waals surface area contributed by atoms with Crippen molar-refractivity contribution < 1.29 is 4.52 Å². The zero-order valence-corrected chi connectivity index (χ0v) is 14.7. The predicted molar refractivity (Wildman–Crippen MR) is 96.6 cm³/mol. The molecule has 1 aromatic carbocycles. The van der Waals surface area contributed by atoms with E-state index in [4.69, 9.17) is 4.52 Å². The number of aryl methyl sites for hydroxylation is 1. The molecule has 0 aliphatic carbocycles. The molecule has 4 rings (SSSR count). The third kappa shape index (κ3) is 3.72. The van der Waals surface area contributed by atoms with E-state index in [1.807, 2.05) is 31.2 Å². The molecule has 134 valence electrons. The minimum Gasteiger partial charge on any atom is -0.334 e. The summed E-state index contributed by atoms with van der Waals surface area (Å²) in [5.41, 5.74) is 2.87. The number of piperidine rings is 1. The van der Waals surface area contributed by atoms with Gasteiger partial charge in [-0.05, 0) is 38.4 Å². The largest absolute Gasteiger partial charge is 0.334 e. The Labute approximate surface area is 151 Å². The van der Waals surface area contributed by atoms with Gasteiger partial charge in [0.2, 0.25) is 0 Å². The first-order chi connectivity index (χ1) is 12.7. The number of hydrogen-bond acceptors (Lipinski definition) is 6. The van der Waals surface area contributed by atoms with E-state index in [2.05, 4.69) is 25.0 Å². The molecular weight excluding hydrogens is 330 g/mol. The second-order valence-electron chi connectivity index (χ2n) is 6.79. The molecule has 1 saturated heterocycles. The topological polar surface area (TPSA) is 87.9 Å². The average Bonchev–Trinajstić information content (AvgIpc) is 3.11. The Kier molecular flexibility index (Phi) is 4.62. The molecule has 0 saturated carbocycles. The number of H-pyrrole nitrogens is 1. The molecule has 0 amide bonds. The van der Waals surface area contributed by atoms with Gasteiger partial charge in [-0.1, -0.05) is 22.9 Å². The molecular formula is C19H21N5O2. The van der Waals surface area contributed by atoms with E-state index in [0.717, 1.165) is 37.2 Å². The maximum absolute atomic E-state index is 11.5. The van der Waals surface area contributed by atoms with E-state index in [1.54, 1.807) is 6.07 Å². The van der Waals surface area contributed by atoms with Gasteiger partial charge in [0.15, 0.2) is 5.82 Å². The van der Waals surface area contributed by atoms with E-state index in [9.17, 15) is 4.79 Å². The third-order valence-corrected chi connectivity index (χ3v) is 4.75. The van der Waals surface area contributed by atoms with Gasteiger partial charge in [-0.2, -0.15) is 4.98 Å². The summed E-state index contributed by atoms with van der Waals surface area (Å²) in [6.45, 7) is 4.50. The van der Waals surface area contributed by atoms with Crippen molar-refractivity contribution in [3.8, 4) is 11.5 Å². The first-order valence-electron chi connectivity index (χ1n) is 8.84. The summed E-state index contributed by atoms with van der Waals surface area (Å²) in [6.07, 6.45) is 3.57. The van der Waals surface area contributed by atoms with Crippen LogP contribution in [0.4, 0.5) is 0 Å². The van der Waals surface area contributed by atoms with Crippen LogP contribution in [0.2, 0.25) is 0 Å². The summed E-state index contributed by atoms with van der Waals surface area (Å²) in [6, 6.07) is 9.63. The van der Waals surface area contributed by atoms with Gasteiger partial charge < -0.3 is 9.51 Å². The van der Waals surface area contributed by atoms with Gasteiger partial charge in [0.25, 0.3) is 11.4 Å². The number of likely N-dealkylation sites (tertiary alicyclic amines) is 1. The van der Waals surface area contributed by atoms with Crippen LogP contribution in [0.15, 0.2) is 46.0 Å². The average molecular weight is 351 g/mol. The van der Waals surface area contributed by atoms with Crippen molar-refractivity contribution >= 4 is 0 Å². The highest BCUT2D eigenvalue weighted by molar-refractivity contribution is 5.53. The molecule has 3 aromatic rings. The number of nitrogens with one attached hydrogen (secondary N) is 1. The van der Waals surface area contributed by atoms with Crippen molar-refractivity contribution in [3.63, 3.8) is 0 Å². The van der Waals surface area contributed by atoms with Crippen molar-refractivity contribution in [2.45, 2.75) is 32.2 Å². The van der Waals surface area contributed by atoms with E-state index in [0.29, 0.717) is 18.3 Å². The number of benzene rings is 1. The van der Waals surface area contributed by atoms with E-state index in [-0.39, 0.29) is 11.5 Å². The molecule has 1 fully saturated rings. The summed E-state index contributed by atoms with van der Waals surface area (Å²) >= 11 is 0. The highest BCUT2D eigenvalue weighted by Gasteiger charge is 2.24. The molecule has 7 heteroatoms. The number of hydrogen-bond donors (Lipinski definition) is 1. The predicted octanol–water partition coefficient (Wildman–Crippen LogP) is 2.51. The molecule has 1 aliphatic heterocycles. The van der Waals surface area contributed by atoms with Crippen LogP contribution in [0.5, 0.6) is 0 Å². The lowest BCUT2D eigenvalue weighted by atomic mass is 9.94. The van der Waals surface area contributed by atoms with Crippen molar-refractivity contribution in [3.05, 3.63) is 64.1 Å². The second-order valence-corrected chi connectivity index (χ2v) is 6.79. The fourth-order valence-electron chi connectivity index (χ4n) is 3.38. The zero-order valence-electron chi connectivity index (χ0n) is 14.7. The van der Waals surface area contributed by atoms with E-state index in [1.165, 1.54) is 11.9 Å². The summed E-state index contributed by atoms with van der Waals surface area (Å²) in [5.74, 6) is 1.49. The quantitative estimate of drug-likeness (QED) is 0.777.